The van der Waals surface area contributed by atoms with Crippen LogP contribution in [0.5, 0.6) is 0 Å². The topological polar surface area (TPSA) is 417 Å². The maximum Gasteiger partial charge on any atom is 0.481 e. The van der Waals surface area contributed by atoms with Gasteiger partial charge in [-0.1, -0.05) is 19.3 Å². The largest absolute Gasteiger partial charge is 0.481 e. The van der Waals surface area contributed by atoms with E-state index in [-0.39, 0.29) is 30.4 Å². The molecule has 11 N–H and O–H groups in total. The summed E-state index contributed by atoms with van der Waals surface area (Å²) in [6.07, 6.45) is -8.87. The first-order valence-corrected chi connectivity index (χ1v) is 26.4. The van der Waals surface area contributed by atoms with Crippen LogP contribution in [-0.4, -0.2) is 147 Å². The third-order valence-electron chi connectivity index (χ3n) is 10.9. The fourth-order valence-corrected chi connectivity index (χ4v) is 12.5. The van der Waals surface area contributed by atoms with Gasteiger partial charge in [0.15, 0.2) is 12.5 Å². The first kappa shape index (κ1) is 53.0. The van der Waals surface area contributed by atoms with Gasteiger partial charge < -0.3 is 55.4 Å². The Kier molecular flexibility index (Phi) is 18.2. The van der Waals surface area contributed by atoms with E-state index < -0.39 is 115 Å². The molecule has 3 amide bonds. The van der Waals surface area contributed by atoms with Crippen molar-refractivity contribution in [3.8, 4) is 0 Å². The smallest absolute Gasteiger partial charge is 0.394 e. The number of nitrogens with zero attached hydrogens (tertiary/aromatic N) is 2. The predicted octanol–water partition coefficient (Wildman–Crippen LogP) is -1.88. The third kappa shape index (κ3) is 14.4. The van der Waals surface area contributed by atoms with Gasteiger partial charge in [0.05, 0.1) is 31.9 Å². The van der Waals surface area contributed by atoms with Gasteiger partial charge >= 0.3 is 40.9 Å². The minimum atomic E-state index is -5.85. The molecule has 0 saturated carbocycles. The summed E-state index contributed by atoms with van der Waals surface area (Å²) >= 11 is 1.81. The maximum atomic E-state index is 13.3. The number of aliphatic hydroxyl groups is 3. The normalized spacial score (nSPS) is 30.8. The number of aromatic amines is 2. The van der Waals surface area contributed by atoms with E-state index in [4.69, 9.17) is 27.6 Å². The number of amides is 3. The number of unbranched alkanes of at least 4 members (excludes halogenated alkanes) is 4. The summed E-state index contributed by atoms with van der Waals surface area (Å²) in [7, 11) is -16.8. The summed E-state index contributed by atoms with van der Waals surface area (Å²) in [6.45, 7) is -2.21. The maximum absolute atomic E-state index is 13.3. The number of phosphoric ester groups is 3. The van der Waals surface area contributed by atoms with Crippen molar-refractivity contribution < 1.29 is 85.2 Å². The molecule has 376 valence electrons. The van der Waals surface area contributed by atoms with Crippen LogP contribution in [0.3, 0.4) is 0 Å². The van der Waals surface area contributed by atoms with Gasteiger partial charge in [-0.25, -0.2) is 28.1 Å². The lowest BCUT2D eigenvalue weighted by Crippen LogP contribution is -2.40. The Morgan fingerprint density at radius 1 is 0.776 bits per heavy atom. The summed E-state index contributed by atoms with van der Waals surface area (Å²) in [5.74, 6) is 0.755. The summed E-state index contributed by atoms with van der Waals surface area (Å²) in [5, 5.41) is 40.1. The van der Waals surface area contributed by atoms with Gasteiger partial charge in [-0.15, -0.1) is 0 Å². The molecule has 14 atom stereocenters. The zero-order valence-corrected chi connectivity index (χ0v) is 38.7. The molecule has 2 aromatic heterocycles. The highest BCUT2D eigenvalue weighted by atomic mass is 32.2. The van der Waals surface area contributed by atoms with Gasteiger partial charge in [0.25, 0.3) is 11.1 Å². The summed E-state index contributed by atoms with van der Waals surface area (Å²) < 4.78 is 76.1. The lowest BCUT2D eigenvalue weighted by atomic mass is 10.0. The lowest BCUT2D eigenvalue weighted by molar-refractivity contribution is -0.121. The van der Waals surface area contributed by atoms with Crippen LogP contribution in [0.2, 0.25) is 0 Å². The Labute approximate surface area is 382 Å². The second kappa shape index (κ2) is 23.0. The molecule has 4 saturated heterocycles. The molecule has 0 aliphatic carbocycles. The van der Waals surface area contributed by atoms with Crippen LogP contribution in [0, 0.1) is 0 Å². The molecule has 6 rings (SSSR count). The Morgan fingerprint density at radius 3 is 2.09 bits per heavy atom. The van der Waals surface area contributed by atoms with Gasteiger partial charge in [-0.05, 0) is 25.7 Å². The van der Waals surface area contributed by atoms with Crippen LogP contribution < -0.4 is 38.4 Å². The average molecular weight is 1040 g/mol. The molecule has 4 aliphatic rings. The zero-order valence-electron chi connectivity index (χ0n) is 35.2. The Morgan fingerprint density at radius 2 is 1.42 bits per heavy atom. The van der Waals surface area contributed by atoms with Crippen molar-refractivity contribution in [1.82, 2.24) is 35.1 Å². The van der Waals surface area contributed by atoms with Gasteiger partial charge in [-0.2, -0.15) is 16.1 Å². The van der Waals surface area contributed by atoms with Crippen molar-refractivity contribution in [1.29, 1.82) is 0 Å². The van der Waals surface area contributed by atoms with E-state index in [0.29, 0.717) is 48.5 Å². The lowest BCUT2D eigenvalue weighted by Gasteiger charge is -2.28. The number of thioether (sulfide) groups is 1. The molecule has 2 aromatic rings. The minimum Gasteiger partial charge on any atom is -0.394 e. The van der Waals surface area contributed by atoms with Crippen LogP contribution >= 0.6 is 35.2 Å². The second-order valence-electron chi connectivity index (χ2n) is 15.7. The Hall–Kier alpha value is -3.38. The van der Waals surface area contributed by atoms with Crippen molar-refractivity contribution in [2.45, 2.75) is 118 Å². The SMILES string of the molecule is O=C(CCCCC1SCC2NC(=O)NC21)NCCCCCCOP(=O)(O)OP(=O)(O)O[C@@H]1[C@H](OP(=O)(O)OC[C@H]2O[C@@H](n3ccc(=O)[nH]c3=O)[C@H](O)[C@@H]2O)[C@@H](CO)O[C@H]1n1ccc(=O)[nH]c1=O. The number of ether oxygens (including phenoxy) is 2. The molecule has 29 nitrogen and oxygen atoms in total. The second-order valence-corrected chi connectivity index (χ2v) is 21.4. The van der Waals surface area contributed by atoms with E-state index >= 15 is 0 Å². The van der Waals surface area contributed by atoms with Crippen molar-refractivity contribution >= 4 is 47.2 Å². The first-order chi connectivity index (χ1) is 31.7. The van der Waals surface area contributed by atoms with Crippen LogP contribution in [0.25, 0.3) is 0 Å². The highest BCUT2D eigenvalue weighted by molar-refractivity contribution is 8.00. The highest BCUT2D eigenvalue weighted by Gasteiger charge is 2.55. The quantitative estimate of drug-likeness (QED) is 0.0294. The molecule has 0 aromatic carbocycles. The Balaban J connectivity index is 0.974. The number of urea groups is 1. The number of hydrogen-bond donors (Lipinski definition) is 11. The number of nitrogens with one attached hydrogen (secondary N) is 5. The number of carbonyl (C=O) groups excluding carboxylic acids is 2. The fraction of sp³-hybridized carbons (Fsp3) is 0.706. The first-order valence-electron chi connectivity index (χ1n) is 20.9. The molecule has 67 heavy (non-hydrogen) atoms. The molecule has 4 fully saturated rings. The standard InChI is InChI=1S/C34H52N7O22P3S/c42-15-19-28(61-64(51,52)58-16-20-26(46)27(47)30(60-20)40-12-9-23(44)37-33(40)49)29(31(59-19)41-13-10-24(45)38-34(41)50)62-66(55,56)63-65(53,54)57-14-6-2-1-5-11-35-22(43)8-4-3-7-21-25-18(17-67-21)36-32(48)39-25/h9-10,12-13,18-21,25-31,42,46-47H,1-8,11,14-17H2,(H,35,43)(H,51,52)(H,53,54)(H,55,56)(H2,36,39,48)(H,37,44,49)(H,38,45,50)/t18?,19-,20-,21?,25?,26-,27-,28-,29-,30-,31-/m1/s1. The van der Waals surface area contributed by atoms with E-state index in [1.54, 1.807) is 0 Å². The van der Waals surface area contributed by atoms with E-state index in [1.165, 1.54) is 0 Å². The van der Waals surface area contributed by atoms with Crippen molar-refractivity contribution in [2.75, 3.05) is 32.1 Å². The highest BCUT2D eigenvalue weighted by Crippen LogP contribution is 2.63. The number of aromatic nitrogens is 4. The van der Waals surface area contributed by atoms with Crippen LogP contribution in [0.15, 0.2) is 43.7 Å². The molecule has 33 heteroatoms. The molecule has 0 radical (unpaired) electrons. The van der Waals surface area contributed by atoms with Crippen molar-refractivity contribution in [3.63, 3.8) is 0 Å². The zero-order chi connectivity index (χ0) is 48.7. The van der Waals surface area contributed by atoms with Crippen molar-refractivity contribution in [2.24, 2.45) is 0 Å². The minimum absolute atomic E-state index is 0.105. The van der Waals surface area contributed by atoms with E-state index in [1.807, 2.05) is 21.7 Å². The van der Waals surface area contributed by atoms with E-state index in [9.17, 15) is 72.5 Å². The monoisotopic (exact) mass is 1040 g/mol. The molecule has 6 heterocycles. The number of aliphatic hydroxyl groups excluding tert-OH is 3. The average Bonchev–Trinajstić information content (AvgIpc) is 3.97. The number of H-pyrrole nitrogens is 2. The summed E-state index contributed by atoms with van der Waals surface area (Å²) in [5.41, 5.74) is -3.93. The van der Waals surface area contributed by atoms with E-state index in [2.05, 4.69) is 20.3 Å². The molecule has 0 spiro atoms. The number of hydrogen-bond acceptors (Lipinski definition) is 20. The molecular weight excluding hydrogens is 983 g/mol. The number of phosphoric acid groups is 3. The molecule has 0 bridgehead atoms. The van der Waals surface area contributed by atoms with Crippen LogP contribution in [-0.2, 0) is 50.4 Å². The predicted molar refractivity (Wildman–Crippen MR) is 227 cm³/mol. The van der Waals surface area contributed by atoms with Gasteiger partial charge in [0.1, 0.15) is 36.6 Å². The van der Waals surface area contributed by atoms with Gasteiger partial charge in [0.2, 0.25) is 5.91 Å². The molecule has 4 aliphatic heterocycles. The van der Waals surface area contributed by atoms with E-state index in [0.717, 1.165) is 47.7 Å². The van der Waals surface area contributed by atoms with Crippen LogP contribution in [0.4, 0.5) is 4.79 Å². The van der Waals surface area contributed by atoms with Crippen LogP contribution in [0.1, 0.15) is 63.8 Å². The summed E-state index contributed by atoms with van der Waals surface area (Å²) in [4.78, 5) is 108. The molecular formula is C34H52N7O22P3S. The van der Waals surface area contributed by atoms with Crippen molar-refractivity contribution in [3.05, 3.63) is 66.2 Å². The molecule has 6 unspecified atom stereocenters. The number of carbonyl (C=O) groups is 2. The Bertz CT molecular complexity index is 2440. The number of rotatable bonds is 25. The van der Waals surface area contributed by atoms with Gasteiger partial charge in [-0.3, -0.25) is 51.6 Å². The fourth-order valence-electron chi connectivity index (χ4n) is 7.70. The van der Waals surface area contributed by atoms with Gasteiger partial charge in [0, 0.05) is 48.5 Å². The summed E-state index contributed by atoms with van der Waals surface area (Å²) in [6, 6.07) is 1.83. The third-order valence-corrected chi connectivity index (χ3v) is 16.1. The number of fused-ring (bicyclic) bond motifs is 1.